The van der Waals surface area contributed by atoms with Crippen molar-refractivity contribution in [3.63, 3.8) is 0 Å². The molecule has 3 heterocycles. The van der Waals surface area contributed by atoms with Crippen LogP contribution in [0.3, 0.4) is 0 Å². The van der Waals surface area contributed by atoms with E-state index in [1.165, 1.54) is 17.8 Å². The Morgan fingerprint density at radius 3 is 2.39 bits per heavy atom. The summed E-state index contributed by atoms with van der Waals surface area (Å²) in [5.41, 5.74) is 5.89. The van der Waals surface area contributed by atoms with Gasteiger partial charge in [0.25, 0.3) is 5.56 Å². The molecule has 0 N–H and O–H groups in total. The van der Waals surface area contributed by atoms with E-state index in [2.05, 4.69) is 34.1 Å². The number of benzene rings is 2. The highest BCUT2D eigenvalue weighted by molar-refractivity contribution is 5.69. The number of aromatic nitrogens is 1. The zero-order valence-electron chi connectivity index (χ0n) is 18.1. The molecular weight excluding hydrogens is 389 g/mol. The standard InChI is InChI=1S/C26H28FN3O/c1-28(2)23-9-5-20(6-10-23)24-11-12-25(31)30-16-19-13-21(26(24)30)17-29(15-19)14-18-3-7-22(27)8-4-18/h3-12,19,21H,13-17H2,1-2H3/t19-,21+/m0/s1. The predicted octanol–water partition coefficient (Wildman–Crippen LogP) is 4.34. The normalized spacial score (nSPS) is 20.4. The second-order valence-electron chi connectivity index (χ2n) is 9.14. The highest BCUT2D eigenvalue weighted by Crippen LogP contribution is 2.40. The van der Waals surface area contributed by atoms with E-state index in [1.807, 2.05) is 36.9 Å². The molecule has 4 nitrogen and oxygen atoms in total. The smallest absolute Gasteiger partial charge is 0.250 e. The first-order valence-corrected chi connectivity index (χ1v) is 11.0. The van der Waals surface area contributed by atoms with Crippen molar-refractivity contribution in [2.24, 2.45) is 5.92 Å². The molecule has 0 aliphatic carbocycles. The molecule has 31 heavy (non-hydrogen) atoms. The van der Waals surface area contributed by atoms with Gasteiger partial charge in [0.05, 0.1) is 0 Å². The molecule has 5 heteroatoms. The number of likely N-dealkylation sites (tertiary alicyclic amines) is 1. The van der Waals surface area contributed by atoms with Gasteiger partial charge in [-0.25, -0.2) is 4.39 Å². The van der Waals surface area contributed by atoms with Crippen LogP contribution in [0.15, 0.2) is 65.5 Å². The van der Waals surface area contributed by atoms with Gasteiger partial charge in [-0.2, -0.15) is 0 Å². The molecule has 0 unspecified atom stereocenters. The Bertz CT molecular complexity index is 1130. The van der Waals surface area contributed by atoms with Crippen LogP contribution < -0.4 is 10.5 Å². The van der Waals surface area contributed by atoms with Crippen molar-refractivity contribution in [2.75, 3.05) is 32.1 Å². The van der Waals surface area contributed by atoms with Gasteiger partial charge in [-0.1, -0.05) is 24.3 Å². The average Bonchev–Trinajstić information content (AvgIpc) is 2.76. The SMILES string of the molecule is CN(C)c1ccc(-c2ccc(=O)n3c2[C@@H]2C[C@@H](CN(Cc4ccc(F)cc4)C2)C3)cc1. The lowest BCUT2D eigenvalue weighted by atomic mass is 9.80. The van der Waals surface area contributed by atoms with Gasteiger partial charge in [0.1, 0.15) is 5.82 Å². The summed E-state index contributed by atoms with van der Waals surface area (Å²) in [7, 11) is 4.08. The lowest BCUT2D eigenvalue weighted by Crippen LogP contribution is -2.47. The van der Waals surface area contributed by atoms with Gasteiger partial charge in [-0.3, -0.25) is 9.69 Å². The van der Waals surface area contributed by atoms with Crippen LogP contribution in [0.25, 0.3) is 11.1 Å². The number of hydrogen-bond donors (Lipinski definition) is 0. The lowest BCUT2D eigenvalue weighted by Gasteiger charge is -2.43. The summed E-state index contributed by atoms with van der Waals surface area (Å²) in [6.45, 7) is 3.48. The van der Waals surface area contributed by atoms with Gasteiger partial charge in [0, 0.05) is 69.2 Å². The second-order valence-corrected chi connectivity index (χ2v) is 9.14. The molecule has 1 saturated heterocycles. The van der Waals surface area contributed by atoms with Gasteiger partial charge < -0.3 is 9.47 Å². The maximum atomic E-state index is 13.3. The van der Waals surface area contributed by atoms with E-state index in [-0.39, 0.29) is 11.4 Å². The minimum Gasteiger partial charge on any atom is -0.378 e. The Hall–Kier alpha value is -2.92. The molecule has 2 atom stereocenters. The molecule has 2 aromatic carbocycles. The van der Waals surface area contributed by atoms with Crippen molar-refractivity contribution in [2.45, 2.75) is 25.4 Å². The first-order valence-electron chi connectivity index (χ1n) is 11.0. The van der Waals surface area contributed by atoms with E-state index in [1.54, 1.807) is 6.07 Å². The van der Waals surface area contributed by atoms with Crippen LogP contribution in [-0.2, 0) is 13.1 Å². The predicted molar refractivity (Wildman–Crippen MR) is 123 cm³/mol. The maximum absolute atomic E-state index is 13.3. The Kier molecular flexibility index (Phi) is 5.14. The molecule has 3 aromatic rings. The van der Waals surface area contributed by atoms with Crippen LogP contribution in [0.1, 0.15) is 23.6 Å². The number of fused-ring (bicyclic) bond motifs is 4. The van der Waals surface area contributed by atoms with E-state index < -0.39 is 0 Å². The molecule has 0 saturated carbocycles. The minimum atomic E-state index is -0.197. The Balaban J connectivity index is 1.48. The highest BCUT2D eigenvalue weighted by Gasteiger charge is 2.36. The minimum absolute atomic E-state index is 0.102. The molecular formula is C26H28FN3O. The van der Waals surface area contributed by atoms with E-state index in [4.69, 9.17) is 0 Å². The molecule has 2 aliphatic rings. The van der Waals surface area contributed by atoms with E-state index in [0.717, 1.165) is 55.0 Å². The quantitative estimate of drug-likeness (QED) is 0.632. The number of piperidine rings is 1. The molecule has 0 amide bonds. The third-order valence-electron chi connectivity index (χ3n) is 6.68. The number of pyridine rings is 1. The topological polar surface area (TPSA) is 28.5 Å². The Morgan fingerprint density at radius 1 is 0.935 bits per heavy atom. The summed E-state index contributed by atoms with van der Waals surface area (Å²) < 4.78 is 15.3. The van der Waals surface area contributed by atoms with E-state index >= 15 is 0 Å². The zero-order chi connectivity index (χ0) is 21.5. The van der Waals surface area contributed by atoms with Crippen LogP contribution in [0, 0.1) is 11.7 Å². The van der Waals surface area contributed by atoms with Crippen molar-refractivity contribution < 1.29 is 4.39 Å². The molecule has 5 rings (SSSR count). The fourth-order valence-electron chi connectivity index (χ4n) is 5.27. The Labute approximate surface area is 182 Å². The fourth-order valence-corrected chi connectivity index (χ4v) is 5.27. The molecule has 0 spiro atoms. The number of anilines is 1. The zero-order valence-corrected chi connectivity index (χ0v) is 18.1. The molecule has 2 bridgehead atoms. The first kappa shape index (κ1) is 20.0. The first-order chi connectivity index (χ1) is 15.0. The highest BCUT2D eigenvalue weighted by atomic mass is 19.1. The summed E-state index contributed by atoms with van der Waals surface area (Å²) in [4.78, 5) is 17.3. The van der Waals surface area contributed by atoms with Crippen LogP contribution in [-0.4, -0.2) is 36.7 Å². The molecule has 1 aromatic heterocycles. The van der Waals surface area contributed by atoms with E-state index in [0.29, 0.717) is 11.8 Å². The summed E-state index contributed by atoms with van der Waals surface area (Å²) in [5, 5.41) is 0. The van der Waals surface area contributed by atoms with Crippen LogP contribution >= 0.6 is 0 Å². The molecule has 0 radical (unpaired) electrons. The van der Waals surface area contributed by atoms with Gasteiger partial charge >= 0.3 is 0 Å². The summed E-state index contributed by atoms with van der Waals surface area (Å²) >= 11 is 0. The van der Waals surface area contributed by atoms with Crippen LogP contribution in [0.4, 0.5) is 10.1 Å². The largest absolute Gasteiger partial charge is 0.378 e. The number of nitrogens with zero attached hydrogens (tertiary/aromatic N) is 3. The van der Waals surface area contributed by atoms with E-state index in [9.17, 15) is 9.18 Å². The monoisotopic (exact) mass is 417 g/mol. The fraction of sp³-hybridized carbons (Fsp3) is 0.346. The average molecular weight is 418 g/mol. The van der Waals surface area contributed by atoms with Crippen molar-refractivity contribution >= 4 is 5.69 Å². The van der Waals surface area contributed by atoms with Gasteiger partial charge in [0.2, 0.25) is 0 Å². The van der Waals surface area contributed by atoms with Crippen LogP contribution in [0.2, 0.25) is 0 Å². The van der Waals surface area contributed by atoms with Gasteiger partial charge in [0.15, 0.2) is 0 Å². The lowest BCUT2D eigenvalue weighted by molar-refractivity contribution is 0.114. The molecule has 2 aliphatic heterocycles. The van der Waals surface area contributed by atoms with Crippen molar-refractivity contribution in [3.05, 3.63) is 88.1 Å². The number of halogens is 1. The third kappa shape index (κ3) is 3.90. The summed E-state index contributed by atoms with van der Waals surface area (Å²) in [5.74, 6) is 0.596. The van der Waals surface area contributed by atoms with Crippen molar-refractivity contribution in [1.82, 2.24) is 9.47 Å². The van der Waals surface area contributed by atoms with Crippen molar-refractivity contribution in [3.8, 4) is 11.1 Å². The van der Waals surface area contributed by atoms with Gasteiger partial charge in [-0.15, -0.1) is 0 Å². The summed E-state index contributed by atoms with van der Waals surface area (Å²) in [6, 6.07) is 19.1. The Morgan fingerprint density at radius 2 is 1.68 bits per heavy atom. The molecule has 160 valence electrons. The number of rotatable bonds is 4. The number of hydrogen-bond acceptors (Lipinski definition) is 3. The molecule has 1 fully saturated rings. The second kappa shape index (κ2) is 7.97. The third-order valence-corrected chi connectivity index (χ3v) is 6.68. The van der Waals surface area contributed by atoms with Crippen molar-refractivity contribution in [1.29, 1.82) is 0 Å². The summed E-state index contributed by atoms with van der Waals surface area (Å²) in [6.07, 6.45) is 1.12. The van der Waals surface area contributed by atoms with Crippen LogP contribution in [0.5, 0.6) is 0 Å². The maximum Gasteiger partial charge on any atom is 0.250 e. The van der Waals surface area contributed by atoms with Gasteiger partial charge in [-0.05, 0) is 53.8 Å².